The molecule has 0 atom stereocenters. The third kappa shape index (κ3) is 2.98. The Balaban J connectivity index is 2.87. The fraction of sp³-hybridized carbons (Fsp3) is 0.545. The van der Waals surface area contributed by atoms with E-state index < -0.39 is 5.82 Å². The number of nitrogens with zero attached hydrogens (tertiary/aromatic N) is 1. The van der Waals surface area contributed by atoms with Crippen molar-refractivity contribution in [1.82, 2.24) is 4.98 Å². The number of aromatic nitrogens is 1. The molecule has 0 radical (unpaired) electrons. The van der Waals surface area contributed by atoms with Crippen LogP contribution in [0.5, 0.6) is 5.88 Å². The number of rotatable bonds is 2. The first-order valence-corrected chi connectivity index (χ1v) is 4.61. The second kappa shape index (κ2) is 3.95. The van der Waals surface area contributed by atoms with Crippen LogP contribution in [0, 0.1) is 11.2 Å². The molecule has 14 heavy (non-hydrogen) atoms. The molecule has 0 saturated heterocycles. The van der Waals surface area contributed by atoms with Gasteiger partial charge < -0.3 is 4.74 Å². The van der Waals surface area contributed by atoms with Gasteiger partial charge in [0, 0.05) is 6.20 Å². The first-order valence-electron chi connectivity index (χ1n) is 4.61. The highest BCUT2D eigenvalue weighted by atomic mass is 19.1. The standard InChI is InChI=1S/C11H16FNO/c1-11(2,3)6-8-5-9(12)10(14-4)13-7-8/h5,7H,6H2,1-4H3. The summed E-state index contributed by atoms with van der Waals surface area (Å²) in [5.74, 6) is -0.336. The molecule has 1 heterocycles. The van der Waals surface area contributed by atoms with E-state index in [2.05, 4.69) is 25.8 Å². The van der Waals surface area contributed by atoms with E-state index in [9.17, 15) is 4.39 Å². The minimum Gasteiger partial charge on any atom is -0.479 e. The van der Waals surface area contributed by atoms with Crippen molar-refractivity contribution in [3.8, 4) is 5.88 Å². The fourth-order valence-corrected chi connectivity index (χ4v) is 1.32. The minimum atomic E-state index is -0.394. The Kier molecular flexibility index (Phi) is 3.09. The van der Waals surface area contributed by atoms with Gasteiger partial charge in [-0.25, -0.2) is 9.37 Å². The van der Waals surface area contributed by atoms with Crippen LogP contribution in [-0.4, -0.2) is 12.1 Å². The highest BCUT2D eigenvalue weighted by Gasteiger charge is 2.13. The van der Waals surface area contributed by atoms with Crippen LogP contribution in [0.3, 0.4) is 0 Å². The van der Waals surface area contributed by atoms with E-state index in [-0.39, 0.29) is 11.3 Å². The molecule has 1 aromatic heterocycles. The molecule has 3 heteroatoms. The van der Waals surface area contributed by atoms with Crippen molar-refractivity contribution in [1.29, 1.82) is 0 Å². The zero-order valence-corrected chi connectivity index (χ0v) is 9.10. The molecule has 0 spiro atoms. The van der Waals surface area contributed by atoms with Crippen LogP contribution in [0.1, 0.15) is 26.3 Å². The Morgan fingerprint density at radius 1 is 1.43 bits per heavy atom. The Labute approximate surface area is 84.1 Å². The van der Waals surface area contributed by atoms with Crippen molar-refractivity contribution in [3.05, 3.63) is 23.6 Å². The normalized spacial score (nSPS) is 11.5. The Bertz CT molecular complexity index is 318. The summed E-state index contributed by atoms with van der Waals surface area (Å²) in [6, 6.07) is 1.48. The van der Waals surface area contributed by atoms with Crippen molar-refractivity contribution in [2.24, 2.45) is 5.41 Å². The van der Waals surface area contributed by atoms with Crippen molar-refractivity contribution < 1.29 is 9.13 Å². The van der Waals surface area contributed by atoms with Crippen molar-refractivity contribution in [2.75, 3.05) is 7.11 Å². The van der Waals surface area contributed by atoms with Gasteiger partial charge in [0.05, 0.1) is 7.11 Å². The highest BCUT2D eigenvalue weighted by Crippen LogP contribution is 2.22. The number of ether oxygens (including phenoxy) is 1. The summed E-state index contributed by atoms with van der Waals surface area (Å²) >= 11 is 0. The van der Waals surface area contributed by atoms with Crippen LogP contribution in [0.25, 0.3) is 0 Å². The lowest BCUT2D eigenvalue weighted by molar-refractivity contribution is 0.365. The van der Waals surface area contributed by atoms with Crippen LogP contribution in [0.4, 0.5) is 4.39 Å². The Morgan fingerprint density at radius 3 is 2.50 bits per heavy atom. The molecule has 2 nitrogen and oxygen atoms in total. The molecule has 0 amide bonds. The van der Waals surface area contributed by atoms with Crippen LogP contribution in [-0.2, 0) is 6.42 Å². The van der Waals surface area contributed by atoms with Crippen LogP contribution < -0.4 is 4.74 Å². The smallest absolute Gasteiger partial charge is 0.250 e. The summed E-state index contributed by atoms with van der Waals surface area (Å²) in [7, 11) is 1.41. The van der Waals surface area contributed by atoms with Crippen LogP contribution in [0.15, 0.2) is 12.3 Å². The molecule has 0 bridgehead atoms. The maximum Gasteiger partial charge on any atom is 0.250 e. The summed E-state index contributed by atoms with van der Waals surface area (Å²) in [6.45, 7) is 6.32. The number of hydrogen-bond acceptors (Lipinski definition) is 2. The molecule has 0 unspecified atom stereocenters. The first-order chi connectivity index (χ1) is 6.42. The molecule has 0 N–H and O–H groups in total. The molecule has 0 fully saturated rings. The summed E-state index contributed by atoms with van der Waals surface area (Å²) in [5, 5.41) is 0. The topological polar surface area (TPSA) is 22.1 Å². The van der Waals surface area contributed by atoms with Gasteiger partial charge in [0.2, 0.25) is 5.88 Å². The number of pyridine rings is 1. The maximum atomic E-state index is 13.2. The molecule has 0 aliphatic rings. The maximum absolute atomic E-state index is 13.2. The molecule has 78 valence electrons. The summed E-state index contributed by atoms with van der Waals surface area (Å²) in [5.41, 5.74) is 1.04. The predicted octanol–water partition coefficient (Wildman–Crippen LogP) is 2.82. The lowest BCUT2D eigenvalue weighted by Crippen LogP contribution is -2.09. The van der Waals surface area contributed by atoms with E-state index in [1.54, 1.807) is 6.20 Å². The van der Waals surface area contributed by atoms with Gasteiger partial charge in [-0.05, 0) is 23.5 Å². The van der Waals surface area contributed by atoms with Gasteiger partial charge in [-0.1, -0.05) is 20.8 Å². The highest BCUT2D eigenvalue weighted by molar-refractivity contribution is 5.20. The largest absolute Gasteiger partial charge is 0.479 e. The van der Waals surface area contributed by atoms with Crippen LogP contribution >= 0.6 is 0 Å². The molecule has 1 aromatic rings. The number of hydrogen-bond donors (Lipinski definition) is 0. The van der Waals surface area contributed by atoms with E-state index in [4.69, 9.17) is 4.74 Å². The van der Waals surface area contributed by atoms with Gasteiger partial charge in [-0.3, -0.25) is 0 Å². The fourth-order valence-electron chi connectivity index (χ4n) is 1.32. The zero-order chi connectivity index (χ0) is 10.8. The first kappa shape index (κ1) is 11.0. The second-order valence-corrected chi connectivity index (χ2v) is 4.57. The second-order valence-electron chi connectivity index (χ2n) is 4.57. The minimum absolute atomic E-state index is 0.0580. The quantitative estimate of drug-likeness (QED) is 0.727. The Hall–Kier alpha value is -1.12. The zero-order valence-electron chi connectivity index (χ0n) is 9.10. The SMILES string of the molecule is COc1ncc(CC(C)(C)C)cc1F. The van der Waals surface area contributed by atoms with Gasteiger partial charge in [0.1, 0.15) is 0 Å². The van der Waals surface area contributed by atoms with E-state index in [1.807, 2.05) is 0 Å². The van der Waals surface area contributed by atoms with E-state index >= 15 is 0 Å². The molecule has 0 aliphatic heterocycles. The third-order valence-electron chi connectivity index (χ3n) is 1.79. The molecule has 0 saturated carbocycles. The average Bonchev–Trinajstić information content (AvgIpc) is 2.01. The van der Waals surface area contributed by atoms with Crippen molar-refractivity contribution in [2.45, 2.75) is 27.2 Å². The summed E-state index contributed by atoms with van der Waals surface area (Å²) in [6.07, 6.45) is 2.47. The number of methoxy groups -OCH3 is 1. The van der Waals surface area contributed by atoms with Gasteiger partial charge in [-0.2, -0.15) is 0 Å². The molecular formula is C11H16FNO. The molecule has 0 aliphatic carbocycles. The van der Waals surface area contributed by atoms with Crippen molar-refractivity contribution in [3.63, 3.8) is 0 Å². The van der Waals surface area contributed by atoms with E-state index in [1.165, 1.54) is 13.2 Å². The van der Waals surface area contributed by atoms with Gasteiger partial charge in [0.25, 0.3) is 0 Å². The third-order valence-corrected chi connectivity index (χ3v) is 1.79. The summed E-state index contributed by atoms with van der Waals surface area (Å²) in [4.78, 5) is 3.88. The van der Waals surface area contributed by atoms with E-state index in [0.29, 0.717) is 0 Å². The lowest BCUT2D eigenvalue weighted by atomic mass is 9.89. The number of halogens is 1. The monoisotopic (exact) mass is 197 g/mol. The summed E-state index contributed by atoms with van der Waals surface area (Å²) < 4.78 is 18.0. The Morgan fingerprint density at radius 2 is 2.07 bits per heavy atom. The van der Waals surface area contributed by atoms with Crippen molar-refractivity contribution >= 4 is 0 Å². The average molecular weight is 197 g/mol. The van der Waals surface area contributed by atoms with Gasteiger partial charge in [0.15, 0.2) is 5.82 Å². The van der Waals surface area contributed by atoms with Crippen LogP contribution in [0.2, 0.25) is 0 Å². The molecular weight excluding hydrogens is 181 g/mol. The van der Waals surface area contributed by atoms with Gasteiger partial charge in [-0.15, -0.1) is 0 Å². The lowest BCUT2D eigenvalue weighted by Gasteiger charge is -2.17. The van der Waals surface area contributed by atoms with Gasteiger partial charge >= 0.3 is 0 Å². The predicted molar refractivity (Wildman–Crippen MR) is 53.9 cm³/mol. The molecule has 1 rings (SSSR count). The van der Waals surface area contributed by atoms with E-state index in [0.717, 1.165) is 12.0 Å². The molecule has 0 aromatic carbocycles.